The van der Waals surface area contributed by atoms with Gasteiger partial charge in [0.15, 0.2) is 9.84 Å². The molecule has 0 spiro atoms. The van der Waals surface area contributed by atoms with Crippen LogP contribution in [0, 0.1) is 17.1 Å². The SMILES string of the molecule is N#Cc1cc(CS(=O)(=O)c2cc(N)cc(F)c2)ccn1. The Kier molecular flexibility index (Phi) is 3.68. The number of halogens is 1. The molecule has 0 bridgehead atoms. The third-order valence-electron chi connectivity index (χ3n) is 2.55. The fourth-order valence-electron chi connectivity index (χ4n) is 1.69. The molecule has 0 atom stereocenters. The summed E-state index contributed by atoms with van der Waals surface area (Å²) in [7, 11) is -3.74. The van der Waals surface area contributed by atoms with Gasteiger partial charge in [-0.05, 0) is 35.9 Å². The number of benzene rings is 1. The quantitative estimate of drug-likeness (QED) is 0.867. The first-order chi connectivity index (χ1) is 9.40. The first-order valence-electron chi connectivity index (χ1n) is 5.54. The third-order valence-corrected chi connectivity index (χ3v) is 4.22. The number of nitrogens with zero attached hydrogens (tertiary/aromatic N) is 2. The lowest BCUT2D eigenvalue weighted by Crippen LogP contribution is -2.06. The number of hydrogen-bond donors (Lipinski definition) is 1. The molecule has 2 N–H and O–H groups in total. The van der Waals surface area contributed by atoms with Gasteiger partial charge in [0.05, 0.1) is 10.6 Å². The van der Waals surface area contributed by atoms with Crippen LogP contribution in [0.1, 0.15) is 11.3 Å². The van der Waals surface area contributed by atoms with Crippen LogP contribution >= 0.6 is 0 Å². The van der Waals surface area contributed by atoms with Crippen LogP contribution in [0.4, 0.5) is 10.1 Å². The van der Waals surface area contributed by atoms with E-state index >= 15 is 0 Å². The van der Waals surface area contributed by atoms with Gasteiger partial charge in [0.25, 0.3) is 0 Å². The number of hydrogen-bond acceptors (Lipinski definition) is 5. The Labute approximate surface area is 115 Å². The Morgan fingerprint density at radius 1 is 1.30 bits per heavy atom. The van der Waals surface area contributed by atoms with Gasteiger partial charge in [0.2, 0.25) is 0 Å². The highest BCUT2D eigenvalue weighted by molar-refractivity contribution is 7.90. The predicted molar refractivity (Wildman–Crippen MR) is 70.7 cm³/mol. The maximum Gasteiger partial charge on any atom is 0.182 e. The van der Waals surface area contributed by atoms with Gasteiger partial charge in [0.1, 0.15) is 17.6 Å². The summed E-state index contributed by atoms with van der Waals surface area (Å²) in [6.07, 6.45) is 1.35. The van der Waals surface area contributed by atoms with E-state index in [2.05, 4.69) is 4.98 Å². The van der Waals surface area contributed by atoms with Gasteiger partial charge in [-0.15, -0.1) is 0 Å². The number of nitrogen functional groups attached to an aromatic ring is 1. The molecule has 0 fully saturated rings. The zero-order chi connectivity index (χ0) is 14.8. The summed E-state index contributed by atoms with van der Waals surface area (Å²) in [6.45, 7) is 0. The largest absolute Gasteiger partial charge is 0.399 e. The lowest BCUT2D eigenvalue weighted by molar-refractivity contribution is 0.590. The molecule has 1 heterocycles. The molecule has 0 saturated carbocycles. The van der Waals surface area contributed by atoms with Crippen LogP contribution in [0.3, 0.4) is 0 Å². The number of rotatable bonds is 3. The maximum absolute atomic E-state index is 13.2. The highest BCUT2D eigenvalue weighted by atomic mass is 32.2. The third kappa shape index (κ3) is 3.10. The molecule has 102 valence electrons. The summed E-state index contributed by atoms with van der Waals surface area (Å²) in [5.41, 5.74) is 6.00. The van der Waals surface area contributed by atoms with Crippen molar-refractivity contribution in [3.63, 3.8) is 0 Å². The predicted octanol–water partition coefficient (Wildman–Crippen LogP) is 1.65. The normalized spacial score (nSPS) is 11.0. The molecule has 20 heavy (non-hydrogen) atoms. The van der Waals surface area contributed by atoms with Crippen LogP contribution in [0.5, 0.6) is 0 Å². The summed E-state index contributed by atoms with van der Waals surface area (Å²) in [4.78, 5) is 3.56. The second kappa shape index (κ2) is 5.27. The van der Waals surface area contributed by atoms with Crippen molar-refractivity contribution in [1.82, 2.24) is 4.98 Å². The Bertz CT molecular complexity index is 777. The Balaban J connectivity index is 2.38. The minimum absolute atomic E-state index is 0.0380. The van der Waals surface area contributed by atoms with E-state index in [4.69, 9.17) is 11.0 Å². The van der Waals surface area contributed by atoms with Gasteiger partial charge in [0, 0.05) is 11.9 Å². The molecule has 0 radical (unpaired) electrons. The van der Waals surface area contributed by atoms with E-state index in [1.54, 1.807) is 0 Å². The highest BCUT2D eigenvalue weighted by Crippen LogP contribution is 2.20. The van der Waals surface area contributed by atoms with Crippen LogP contribution in [0.15, 0.2) is 41.4 Å². The number of pyridine rings is 1. The van der Waals surface area contributed by atoms with Crippen molar-refractivity contribution in [2.24, 2.45) is 0 Å². The molecule has 2 aromatic rings. The number of nitriles is 1. The van der Waals surface area contributed by atoms with Gasteiger partial charge < -0.3 is 5.73 Å². The van der Waals surface area contributed by atoms with Gasteiger partial charge >= 0.3 is 0 Å². The van der Waals surface area contributed by atoms with Crippen molar-refractivity contribution in [3.05, 3.63) is 53.6 Å². The molecule has 0 unspecified atom stereocenters. The van der Waals surface area contributed by atoms with E-state index in [1.165, 1.54) is 24.4 Å². The molecule has 0 amide bonds. The van der Waals surface area contributed by atoms with E-state index in [0.717, 1.165) is 12.1 Å². The maximum atomic E-state index is 13.2. The van der Waals surface area contributed by atoms with Crippen molar-refractivity contribution >= 4 is 15.5 Å². The average Bonchev–Trinajstić information content (AvgIpc) is 2.37. The topological polar surface area (TPSA) is 96.8 Å². The van der Waals surface area contributed by atoms with Gasteiger partial charge in [-0.1, -0.05) is 0 Å². The van der Waals surface area contributed by atoms with E-state index in [0.29, 0.717) is 5.56 Å². The summed E-state index contributed by atoms with van der Waals surface area (Å²) in [5.74, 6) is -1.07. The first kappa shape index (κ1) is 14.0. The molecule has 0 saturated heterocycles. The summed E-state index contributed by atoms with van der Waals surface area (Å²) < 4.78 is 37.6. The lowest BCUT2D eigenvalue weighted by atomic mass is 10.2. The molecule has 2 rings (SSSR count). The number of aromatic nitrogens is 1. The molecule has 0 aliphatic carbocycles. The van der Waals surface area contributed by atoms with E-state index in [1.807, 2.05) is 6.07 Å². The summed E-state index contributed by atoms with van der Waals surface area (Å²) >= 11 is 0. The number of nitrogens with two attached hydrogens (primary N) is 1. The summed E-state index contributed by atoms with van der Waals surface area (Å²) in [5, 5.41) is 8.72. The Morgan fingerprint density at radius 2 is 2.05 bits per heavy atom. The van der Waals surface area contributed by atoms with Crippen molar-refractivity contribution in [1.29, 1.82) is 5.26 Å². The van der Waals surface area contributed by atoms with Gasteiger partial charge in [-0.25, -0.2) is 17.8 Å². The molecule has 0 aliphatic rings. The fourth-order valence-corrected chi connectivity index (χ4v) is 3.08. The van der Waals surface area contributed by atoms with E-state index in [9.17, 15) is 12.8 Å². The van der Waals surface area contributed by atoms with Crippen LogP contribution in [0.25, 0.3) is 0 Å². The van der Waals surface area contributed by atoms with Crippen LogP contribution in [-0.2, 0) is 15.6 Å². The smallest absolute Gasteiger partial charge is 0.182 e. The fraction of sp³-hybridized carbons (Fsp3) is 0.0769. The number of sulfone groups is 1. The van der Waals surface area contributed by atoms with Crippen molar-refractivity contribution < 1.29 is 12.8 Å². The second-order valence-corrected chi connectivity index (χ2v) is 6.13. The monoisotopic (exact) mass is 291 g/mol. The average molecular weight is 291 g/mol. The van der Waals surface area contributed by atoms with Crippen LogP contribution < -0.4 is 5.73 Å². The first-order valence-corrected chi connectivity index (χ1v) is 7.20. The van der Waals surface area contributed by atoms with Crippen molar-refractivity contribution in [2.75, 3.05) is 5.73 Å². The van der Waals surface area contributed by atoms with Crippen LogP contribution in [-0.4, -0.2) is 13.4 Å². The standard InChI is InChI=1S/C13H10FN3O2S/c14-10-4-11(16)6-13(5-10)20(18,19)8-9-1-2-17-12(3-9)7-15/h1-6H,8,16H2. The zero-order valence-corrected chi connectivity index (χ0v) is 11.1. The zero-order valence-electron chi connectivity index (χ0n) is 10.2. The molecular weight excluding hydrogens is 281 g/mol. The molecule has 0 aliphatic heterocycles. The van der Waals surface area contributed by atoms with E-state index in [-0.39, 0.29) is 22.0 Å². The molecule has 7 heteroatoms. The second-order valence-electron chi connectivity index (χ2n) is 4.14. The van der Waals surface area contributed by atoms with Crippen molar-refractivity contribution in [2.45, 2.75) is 10.6 Å². The highest BCUT2D eigenvalue weighted by Gasteiger charge is 2.17. The van der Waals surface area contributed by atoms with Gasteiger partial charge in [-0.2, -0.15) is 5.26 Å². The molecular formula is C13H10FN3O2S. The number of anilines is 1. The van der Waals surface area contributed by atoms with Gasteiger partial charge in [-0.3, -0.25) is 0 Å². The molecule has 5 nitrogen and oxygen atoms in total. The Hall–Kier alpha value is -2.46. The minimum atomic E-state index is -3.74. The van der Waals surface area contributed by atoms with Crippen molar-refractivity contribution in [3.8, 4) is 6.07 Å². The summed E-state index contributed by atoms with van der Waals surface area (Å²) in [6, 6.07) is 7.84. The minimum Gasteiger partial charge on any atom is -0.399 e. The van der Waals surface area contributed by atoms with Crippen LogP contribution in [0.2, 0.25) is 0 Å². The molecule has 1 aromatic carbocycles. The Morgan fingerprint density at radius 3 is 2.70 bits per heavy atom. The van der Waals surface area contributed by atoms with E-state index < -0.39 is 15.7 Å². The lowest BCUT2D eigenvalue weighted by Gasteiger charge is -2.06. The molecule has 1 aromatic heterocycles.